The summed E-state index contributed by atoms with van der Waals surface area (Å²) in [5.41, 5.74) is 1.27. The Bertz CT molecular complexity index is 902. The van der Waals surface area contributed by atoms with E-state index in [-0.39, 0.29) is 12.3 Å². The maximum atomic E-state index is 16.7. The Balaban J connectivity index is 1.63. The fourth-order valence-corrected chi connectivity index (χ4v) is 8.98. The van der Waals surface area contributed by atoms with Crippen molar-refractivity contribution in [2.75, 3.05) is 0 Å². The Morgan fingerprint density at radius 2 is 1.54 bits per heavy atom. The predicted molar refractivity (Wildman–Crippen MR) is 157 cm³/mol. The van der Waals surface area contributed by atoms with Gasteiger partial charge in [0.15, 0.2) is 0 Å². The molecule has 4 rings (SSSR count). The third-order valence-electron chi connectivity index (χ3n) is 11.4. The summed E-state index contributed by atoms with van der Waals surface area (Å²) < 4.78 is 32.5. The second kappa shape index (κ2) is 13.9. The largest absolute Gasteiger partial charge is 0.481 e. The first-order chi connectivity index (χ1) is 18.8. The van der Waals surface area contributed by atoms with Crippen molar-refractivity contribution in [3.8, 4) is 0 Å². The summed E-state index contributed by atoms with van der Waals surface area (Å²) in [6, 6.07) is 8.34. The van der Waals surface area contributed by atoms with Gasteiger partial charge in [-0.1, -0.05) is 109 Å². The number of hydrogen-bond donors (Lipinski definition) is 1. The first-order valence-electron chi connectivity index (χ1n) is 16.4. The lowest BCUT2D eigenvalue weighted by Crippen LogP contribution is -2.56. The van der Waals surface area contributed by atoms with Crippen molar-refractivity contribution in [1.82, 2.24) is 0 Å². The highest BCUT2D eigenvalue weighted by molar-refractivity contribution is 5.71. The third kappa shape index (κ3) is 6.56. The number of unbranched alkanes of at least 4 members (excludes halogenated alkanes) is 2. The van der Waals surface area contributed by atoms with Crippen LogP contribution in [0.15, 0.2) is 24.3 Å². The average Bonchev–Trinajstić information content (AvgIpc) is 2.95. The third-order valence-corrected chi connectivity index (χ3v) is 11.4. The fourth-order valence-electron chi connectivity index (χ4n) is 8.98. The van der Waals surface area contributed by atoms with Crippen LogP contribution in [0.5, 0.6) is 0 Å². The van der Waals surface area contributed by atoms with E-state index in [0.717, 1.165) is 37.2 Å². The Morgan fingerprint density at radius 1 is 0.897 bits per heavy atom. The summed E-state index contributed by atoms with van der Waals surface area (Å²) >= 11 is 0. The molecular weight excluding hydrogens is 490 g/mol. The summed E-state index contributed by atoms with van der Waals surface area (Å²) in [7, 11) is 0. The summed E-state index contributed by atoms with van der Waals surface area (Å²) in [5.74, 6) is 0.0272. The van der Waals surface area contributed by atoms with E-state index in [1.165, 1.54) is 69.8 Å². The zero-order valence-corrected chi connectivity index (χ0v) is 24.9. The van der Waals surface area contributed by atoms with Crippen molar-refractivity contribution in [1.29, 1.82) is 0 Å². The molecule has 0 saturated heterocycles. The first kappa shape index (κ1) is 30.5. The highest BCUT2D eigenvalue weighted by Gasteiger charge is 2.57. The molecule has 0 aromatic heterocycles. The van der Waals surface area contributed by atoms with E-state index in [4.69, 9.17) is 0 Å². The lowest BCUT2D eigenvalue weighted by atomic mass is 9.53. The second-order valence-electron chi connectivity index (χ2n) is 13.5. The van der Waals surface area contributed by atoms with Gasteiger partial charge in [0.05, 0.1) is 5.92 Å². The summed E-state index contributed by atoms with van der Waals surface area (Å²) in [6.07, 6.45) is 13.5. The van der Waals surface area contributed by atoms with Gasteiger partial charge in [-0.25, -0.2) is 8.78 Å². The van der Waals surface area contributed by atoms with Crippen LogP contribution in [0.1, 0.15) is 141 Å². The van der Waals surface area contributed by atoms with Crippen LogP contribution in [0.3, 0.4) is 0 Å². The number of rotatable bonds is 11. The Morgan fingerprint density at radius 3 is 2.18 bits per heavy atom. The molecule has 0 amide bonds. The van der Waals surface area contributed by atoms with E-state index in [1.807, 2.05) is 6.07 Å². The fraction of sp³-hybridized carbons (Fsp3) is 0.800. The number of carboxylic acids is 1. The molecule has 3 fully saturated rings. The van der Waals surface area contributed by atoms with Gasteiger partial charge in [0.1, 0.15) is 12.3 Å². The molecular formula is C35H54F2O2. The van der Waals surface area contributed by atoms with Gasteiger partial charge in [0, 0.05) is 5.41 Å². The molecule has 5 unspecified atom stereocenters. The van der Waals surface area contributed by atoms with Gasteiger partial charge in [-0.05, 0) is 79.2 Å². The quantitative estimate of drug-likeness (QED) is 0.281. The van der Waals surface area contributed by atoms with Crippen molar-refractivity contribution in [3.63, 3.8) is 0 Å². The molecule has 0 aliphatic heterocycles. The second-order valence-corrected chi connectivity index (χ2v) is 13.5. The molecule has 1 aromatic carbocycles. The van der Waals surface area contributed by atoms with Crippen molar-refractivity contribution < 1.29 is 18.7 Å². The van der Waals surface area contributed by atoms with Crippen molar-refractivity contribution in [2.24, 2.45) is 29.6 Å². The van der Waals surface area contributed by atoms with Gasteiger partial charge in [-0.2, -0.15) is 0 Å². The molecule has 3 aliphatic rings. The zero-order valence-electron chi connectivity index (χ0n) is 24.9. The van der Waals surface area contributed by atoms with Gasteiger partial charge < -0.3 is 5.11 Å². The van der Waals surface area contributed by atoms with E-state index < -0.39 is 29.6 Å². The minimum atomic E-state index is -1.95. The van der Waals surface area contributed by atoms with Gasteiger partial charge in [-0.3, -0.25) is 4.79 Å². The topological polar surface area (TPSA) is 37.3 Å². The number of benzene rings is 1. The number of halogens is 2. The normalized spacial score (nSPS) is 36.4. The number of carboxylic acid groups (broad SMARTS) is 1. The molecule has 0 radical (unpaired) electrons. The van der Waals surface area contributed by atoms with Crippen molar-refractivity contribution in [3.05, 3.63) is 35.4 Å². The Kier molecular flexibility index (Phi) is 10.9. The van der Waals surface area contributed by atoms with E-state index in [9.17, 15) is 9.90 Å². The summed E-state index contributed by atoms with van der Waals surface area (Å²) in [4.78, 5) is 11.9. The lowest BCUT2D eigenvalue weighted by molar-refractivity contribution is -0.150. The lowest BCUT2D eigenvalue weighted by Gasteiger charge is -2.52. The molecule has 4 heteroatoms. The predicted octanol–water partition coefficient (Wildman–Crippen LogP) is 10.2. The van der Waals surface area contributed by atoms with Crippen LogP contribution in [0.2, 0.25) is 0 Å². The highest BCUT2D eigenvalue weighted by atomic mass is 19.2. The SMILES string of the molecule is CCCCCC1CCC(C2(c3ccccc3C(C)C3CCC(CCC)CC3)CCC(C(=O)O)C(F)C2F)CC1. The van der Waals surface area contributed by atoms with E-state index >= 15 is 8.78 Å². The molecule has 0 bridgehead atoms. The van der Waals surface area contributed by atoms with Crippen LogP contribution in [0.4, 0.5) is 8.78 Å². The Labute approximate surface area is 236 Å². The minimum Gasteiger partial charge on any atom is -0.481 e. The Hall–Kier alpha value is -1.45. The number of hydrogen-bond acceptors (Lipinski definition) is 1. The zero-order chi connectivity index (χ0) is 28.0. The highest BCUT2D eigenvalue weighted by Crippen LogP contribution is 2.56. The van der Waals surface area contributed by atoms with Gasteiger partial charge in [0.25, 0.3) is 0 Å². The van der Waals surface area contributed by atoms with E-state index in [2.05, 4.69) is 39.0 Å². The number of aliphatic carboxylic acids is 1. The minimum absolute atomic E-state index is 0.0663. The molecule has 0 heterocycles. The van der Waals surface area contributed by atoms with Gasteiger partial charge in [-0.15, -0.1) is 0 Å². The monoisotopic (exact) mass is 544 g/mol. The molecule has 3 saturated carbocycles. The molecule has 2 nitrogen and oxygen atoms in total. The average molecular weight is 545 g/mol. The van der Waals surface area contributed by atoms with Crippen molar-refractivity contribution in [2.45, 2.75) is 147 Å². The molecule has 3 aliphatic carbocycles. The number of carbonyl (C=O) groups is 1. The summed E-state index contributed by atoms with van der Waals surface area (Å²) in [6.45, 7) is 6.82. The van der Waals surface area contributed by atoms with Crippen LogP contribution in [0.25, 0.3) is 0 Å². The first-order valence-corrected chi connectivity index (χ1v) is 16.4. The van der Waals surface area contributed by atoms with E-state index in [1.54, 1.807) is 0 Å². The van der Waals surface area contributed by atoms with Crippen LogP contribution >= 0.6 is 0 Å². The molecule has 220 valence electrons. The van der Waals surface area contributed by atoms with Crippen LogP contribution < -0.4 is 0 Å². The van der Waals surface area contributed by atoms with Crippen LogP contribution in [0, 0.1) is 29.6 Å². The molecule has 5 atom stereocenters. The maximum Gasteiger partial charge on any atom is 0.309 e. The number of alkyl halides is 2. The maximum absolute atomic E-state index is 16.7. The van der Waals surface area contributed by atoms with Crippen LogP contribution in [-0.4, -0.2) is 23.4 Å². The molecule has 1 N–H and O–H groups in total. The smallest absolute Gasteiger partial charge is 0.309 e. The van der Waals surface area contributed by atoms with Crippen LogP contribution in [-0.2, 0) is 10.2 Å². The standard InChI is InChI=1S/C35H54F2O2/c1-4-6-7-11-26-16-20-28(21-17-26)35(23-22-30(34(38)39)32(36)33(35)37)31-13-9-8-12-29(31)24(3)27-18-14-25(10-5-2)15-19-27/h8-9,12-13,24-28,30,32-33H,4-7,10-11,14-23H2,1-3H3,(H,38,39). The van der Waals surface area contributed by atoms with Gasteiger partial charge in [0.2, 0.25) is 0 Å². The molecule has 0 spiro atoms. The van der Waals surface area contributed by atoms with Gasteiger partial charge >= 0.3 is 5.97 Å². The van der Waals surface area contributed by atoms with E-state index in [0.29, 0.717) is 24.2 Å². The molecule has 1 aromatic rings. The van der Waals surface area contributed by atoms with Crippen molar-refractivity contribution >= 4 is 5.97 Å². The summed E-state index contributed by atoms with van der Waals surface area (Å²) in [5, 5.41) is 9.68. The molecule has 39 heavy (non-hydrogen) atoms.